The number of carbonyl (C=O) groups excluding carboxylic acids is 2. The van der Waals surface area contributed by atoms with Crippen molar-refractivity contribution >= 4 is 11.8 Å². The zero-order chi connectivity index (χ0) is 15.5. The summed E-state index contributed by atoms with van der Waals surface area (Å²) < 4.78 is 5.14. The average molecular weight is 305 g/mol. The summed E-state index contributed by atoms with van der Waals surface area (Å²) >= 11 is 0. The van der Waals surface area contributed by atoms with Gasteiger partial charge in [0.2, 0.25) is 5.91 Å². The van der Waals surface area contributed by atoms with Gasteiger partial charge >= 0.3 is 0 Å². The smallest absolute Gasteiger partial charge is 0.289 e. The summed E-state index contributed by atoms with van der Waals surface area (Å²) in [6.07, 6.45) is 5.30. The Morgan fingerprint density at radius 3 is 2.50 bits per heavy atom. The fraction of sp³-hybridized carbons (Fsp3) is 0.625. The standard InChI is InChI=1S/C16H23N3O3/c17-13-4-1-3-12(11-13)15(20)18-6-8-19(9-7-18)16(21)14-5-2-10-22-14/h2,5,10,12-13H,1,3-4,6-9,11,17H2. The highest BCUT2D eigenvalue weighted by Crippen LogP contribution is 2.25. The summed E-state index contributed by atoms with van der Waals surface area (Å²) in [7, 11) is 0. The van der Waals surface area contributed by atoms with E-state index in [9.17, 15) is 9.59 Å². The van der Waals surface area contributed by atoms with Crippen molar-refractivity contribution in [3.8, 4) is 0 Å². The molecule has 0 spiro atoms. The lowest BCUT2D eigenvalue weighted by molar-refractivity contribution is -0.138. The van der Waals surface area contributed by atoms with E-state index in [1.54, 1.807) is 17.0 Å². The fourth-order valence-corrected chi connectivity index (χ4v) is 3.40. The highest BCUT2D eigenvalue weighted by Gasteiger charge is 2.32. The molecule has 0 bridgehead atoms. The Kier molecular flexibility index (Phi) is 4.47. The molecule has 2 aliphatic rings. The summed E-state index contributed by atoms with van der Waals surface area (Å²) in [4.78, 5) is 28.4. The van der Waals surface area contributed by atoms with Gasteiger partial charge in [-0.15, -0.1) is 0 Å². The second-order valence-corrected chi connectivity index (χ2v) is 6.22. The average Bonchev–Trinajstić information content (AvgIpc) is 3.08. The number of carbonyl (C=O) groups is 2. The van der Waals surface area contributed by atoms with Gasteiger partial charge in [-0.1, -0.05) is 6.42 Å². The minimum atomic E-state index is -0.100. The number of furan rings is 1. The Labute approximate surface area is 130 Å². The predicted octanol–water partition coefficient (Wildman–Crippen LogP) is 1.08. The van der Waals surface area contributed by atoms with Gasteiger partial charge in [-0.3, -0.25) is 9.59 Å². The number of hydrogen-bond acceptors (Lipinski definition) is 4. The van der Waals surface area contributed by atoms with E-state index in [0.29, 0.717) is 31.9 Å². The van der Waals surface area contributed by atoms with Crippen LogP contribution in [0.1, 0.15) is 36.2 Å². The van der Waals surface area contributed by atoms with Crippen molar-refractivity contribution in [2.24, 2.45) is 11.7 Å². The normalized spacial score (nSPS) is 26.0. The molecule has 0 radical (unpaired) electrons. The van der Waals surface area contributed by atoms with Crippen molar-refractivity contribution in [1.29, 1.82) is 0 Å². The third-order valence-corrected chi connectivity index (χ3v) is 4.67. The lowest BCUT2D eigenvalue weighted by Gasteiger charge is -2.37. The summed E-state index contributed by atoms with van der Waals surface area (Å²) in [5, 5.41) is 0. The molecule has 0 aromatic carbocycles. The van der Waals surface area contributed by atoms with Gasteiger partial charge in [-0.2, -0.15) is 0 Å². The quantitative estimate of drug-likeness (QED) is 0.886. The van der Waals surface area contributed by atoms with E-state index in [2.05, 4.69) is 0 Å². The Balaban J connectivity index is 1.53. The van der Waals surface area contributed by atoms with E-state index in [-0.39, 0.29) is 23.8 Å². The van der Waals surface area contributed by atoms with Gasteiger partial charge in [0.05, 0.1) is 6.26 Å². The molecule has 2 N–H and O–H groups in total. The van der Waals surface area contributed by atoms with Crippen LogP contribution in [0.5, 0.6) is 0 Å². The van der Waals surface area contributed by atoms with Crippen LogP contribution in [0.15, 0.2) is 22.8 Å². The van der Waals surface area contributed by atoms with Gasteiger partial charge in [-0.05, 0) is 31.4 Å². The molecule has 6 nitrogen and oxygen atoms in total. The van der Waals surface area contributed by atoms with E-state index in [0.717, 1.165) is 25.7 Å². The first kappa shape index (κ1) is 15.1. The molecule has 2 atom stereocenters. The van der Waals surface area contributed by atoms with Crippen LogP contribution >= 0.6 is 0 Å². The molecule has 22 heavy (non-hydrogen) atoms. The molecular weight excluding hydrogens is 282 g/mol. The molecule has 1 aromatic heterocycles. The second-order valence-electron chi connectivity index (χ2n) is 6.22. The molecule has 2 fully saturated rings. The van der Waals surface area contributed by atoms with Crippen LogP contribution in [0.3, 0.4) is 0 Å². The Hall–Kier alpha value is -1.82. The first-order chi connectivity index (χ1) is 10.6. The second kappa shape index (κ2) is 6.52. The van der Waals surface area contributed by atoms with Crippen molar-refractivity contribution in [1.82, 2.24) is 9.80 Å². The molecule has 2 unspecified atom stereocenters. The summed E-state index contributed by atoms with van der Waals surface area (Å²) in [5.74, 6) is 0.533. The molecule has 1 aliphatic carbocycles. The van der Waals surface area contributed by atoms with E-state index in [1.807, 2.05) is 4.90 Å². The number of rotatable bonds is 2. The number of hydrogen-bond donors (Lipinski definition) is 1. The molecule has 1 aromatic rings. The molecule has 1 saturated carbocycles. The maximum Gasteiger partial charge on any atom is 0.289 e. The SMILES string of the molecule is NC1CCCC(C(=O)N2CCN(C(=O)c3ccco3)CC2)C1. The highest BCUT2D eigenvalue weighted by atomic mass is 16.3. The first-order valence-electron chi connectivity index (χ1n) is 8.02. The van der Waals surface area contributed by atoms with Crippen molar-refractivity contribution in [2.45, 2.75) is 31.7 Å². The van der Waals surface area contributed by atoms with Crippen LogP contribution < -0.4 is 5.73 Å². The van der Waals surface area contributed by atoms with Gasteiger partial charge in [0.1, 0.15) is 0 Å². The number of nitrogens with zero attached hydrogens (tertiary/aromatic N) is 2. The van der Waals surface area contributed by atoms with Gasteiger partial charge in [-0.25, -0.2) is 0 Å². The number of nitrogens with two attached hydrogens (primary N) is 1. The lowest BCUT2D eigenvalue weighted by atomic mass is 9.85. The van der Waals surface area contributed by atoms with Crippen LogP contribution in [0, 0.1) is 5.92 Å². The first-order valence-corrected chi connectivity index (χ1v) is 8.02. The van der Waals surface area contributed by atoms with Crippen LogP contribution in [0.2, 0.25) is 0 Å². The molecule has 6 heteroatoms. The molecular formula is C16H23N3O3. The van der Waals surface area contributed by atoms with E-state index < -0.39 is 0 Å². The monoisotopic (exact) mass is 305 g/mol. The molecule has 3 rings (SSSR count). The maximum atomic E-state index is 12.6. The van der Waals surface area contributed by atoms with E-state index in [4.69, 9.17) is 10.2 Å². The topological polar surface area (TPSA) is 79.8 Å². The van der Waals surface area contributed by atoms with E-state index >= 15 is 0 Å². The minimum absolute atomic E-state index is 0.0658. The van der Waals surface area contributed by atoms with Gasteiger partial charge < -0.3 is 20.0 Å². The third kappa shape index (κ3) is 3.16. The Morgan fingerprint density at radius 2 is 1.86 bits per heavy atom. The summed E-state index contributed by atoms with van der Waals surface area (Å²) in [5.41, 5.74) is 5.97. The highest BCUT2D eigenvalue weighted by molar-refractivity contribution is 5.91. The zero-order valence-corrected chi connectivity index (χ0v) is 12.7. The molecule has 1 saturated heterocycles. The van der Waals surface area contributed by atoms with Gasteiger partial charge in [0.15, 0.2) is 5.76 Å². The van der Waals surface area contributed by atoms with Crippen molar-refractivity contribution in [3.05, 3.63) is 24.2 Å². The van der Waals surface area contributed by atoms with Crippen LogP contribution in [-0.2, 0) is 4.79 Å². The van der Waals surface area contributed by atoms with Gasteiger partial charge in [0, 0.05) is 38.1 Å². The predicted molar refractivity (Wildman–Crippen MR) is 81.1 cm³/mol. The van der Waals surface area contributed by atoms with Gasteiger partial charge in [0.25, 0.3) is 5.91 Å². The molecule has 120 valence electrons. The summed E-state index contributed by atoms with van der Waals surface area (Å²) in [6, 6.07) is 3.53. The van der Waals surface area contributed by atoms with Crippen LogP contribution in [0.4, 0.5) is 0 Å². The Bertz CT molecular complexity index is 521. The maximum absolute atomic E-state index is 12.6. The minimum Gasteiger partial charge on any atom is -0.459 e. The van der Waals surface area contributed by atoms with Crippen LogP contribution in [-0.4, -0.2) is 53.8 Å². The van der Waals surface area contributed by atoms with Crippen molar-refractivity contribution < 1.29 is 14.0 Å². The lowest BCUT2D eigenvalue weighted by Crippen LogP contribution is -2.52. The summed E-state index contributed by atoms with van der Waals surface area (Å²) in [6.45, 7) is 2.31. The van der Waals surface area contributed by atoms with Crippen molar-refractivity contribution in [2.75, 3.05) is 26.2 Å². The molecule has 1 aliphatic heterocycles. The fourth-order valence-electron chi connectivity index (χ4n) is 3.40. The Morgan fingerprint density at radius 1 is 1.14 bits per heavy atom. The van der Waals surface area contributed by atoms with Crippen LogP contribution in [0.25, 0.3) is 0 Å². The largest absolute Gasteiger partial charge is 0.459 e. The van der Waals surface area contributed by atoms with E-state index in [1.165, 1.54) is 6.26 Å². The molecule has 2 heterocycles. The third-order valence-electron chi connectivity index (χ3n) is 4.67. The number of amides is 2. The van der Waals surface area contributed by atoms with Crippen molar-refractivity contribution in [3.63, 3.8) is 0 Å². The molecule has 2 amide bonds. The zero-order valence-electron chi connectivity index (χ0n) is 12.7. The number of piperazine rings is 1.